The largest absolute Gasteiger partial charge is 0.491 e. The number of benzene rings is 1. The van der Waals surface area contributed by atoms with E-state index < -0.39 is 0 Å². The topological polar surface area (TPSA) is 50.4 Å². The van der Waals surface area contributed by atoms with E-state index in [1.54, 1.807) is 12.1 Å². The van der Waals surface area contributed by atoms with Crippen LogP contribution in [-0.4, -0.2) is 31.6 Å². The summed E-state index contributed by atoms with van der Waals surface area (Å²) >= 11 is 5.94. The first-order chi connectivity index (χ1) is 8.75. The average Bonchev–Trinajstić information content (AvgIpc) is 2.84. The van der Waals surface area contributed by atoms with Gasteiger partial charge in [-0.2, -0.15) is 0 Å². The van der Waals surface area contributed by atoms with Crippen LogP contribution in [0.1, 0.15) is 12.8 Å². The number of rotatable bonds is 5. The molecule has 0 aromatic heterocycles. The lowest BCUT2D eigenvalue weighted by atomic mass is 10.2. The molecule has 4 nitrogen and oxygen atoms in total. The number of hydrogen-bond acceptors (Lipinski definition) is 3. The molecule has 1 aliphatic rings. The van der Waals surface area contributed by atoms with Crippen LogP contribution in [0.4, 0.5) is 0 Å². The summed E-state index contributed by atoms with van der Waals surface area (Å²) in [4.78, 5) is 11.6. The maximum absolute atomic E-state index is 11.6. The fraction of sp³-hybridized carbons (Fsp3) is 0.462. The lowest BCUT2D eigenvalue weighted by molar-refractivity contribution is -0.122. The summed E-state index contributed by atoms with van der Waals surface area (Å²) in [6.07, 6.45) is 1.35. The second kappa shape index (κ2) is 6.61. The Kier molecular flexibility index (Phi) is 4.84. The number of carbonyl (C=O) groups excluding carboxylic acids is 1. The molecule has 1 amide bonds. The smallest absolute Gasteiger partial charge is 0.223 e. The Morgan fingerprint density at radius 1 is 1.50 bits per heavy atom. The second-order valence-corrected chi connectivity index (χ2v) is 4.69. The van der Waals surface area contributed by atoms with Crippen molar-refractivity contribution >= 4 is 17.5 Å². The minimum atomic E-state index is 0.0238. The van der Waals surface area contributed by atoms with E-state index in [4.69, 9.17) is 16.3 Å². The summed E-state index contributed by atoms with van der Waals surface area (Å²) in [7, 11) is 0. The standard InChI is InChI=1S/C13H17ClN2O2/c14-11-3-1-2-4-12(11)18-8-6-13(17)16-10-5-7-15-9-10/h1-4,10,15H,5-9H2,(H,16,17). The molecule has 1 heterocycles. The third-order valence-electron chi connectivity index (χ3n) is 2.85. The van der Waals surface area contributed by atoms with Crippen molar-refractivity contribution in [3.8, 4) is 5.75 Å². The summed E-state index contributed by atoms with van der Waals surface area (Å²) < 4.78 is 5.46. The molecule has 1 unspecified atom stereocenters. The molecule has 1 aromatic rings. The van der Waals surface area contributed by atoms with Crippen LogP contribution >= 0.6 is 11.6 Å². The first kappa shape index (κ1) is 13.2. The molecule has 2 rings (SSSR count). The Labute approximate surface area is 112 Å². The SMILES string of the molecule is O=C(CCOc1ccccc1Cl)NC1CCNC1. The van der Waals surface area contributed by atoms with Crippen molar-refractivity contribution in [1.29, 1.82) is 0 Å². The van der Waals surface area contributed by atoms with Crippen molar-refractivity contribution in [3.05, 3.63) is 29.3 Å². The Bertz CT molecular complexity index is 406. The number of nitrogens with one attached hydrogen (secondary N) is 2. The van der Waals surface area contributed by atoms with Crippen molar-refractivity contribution in [3.63, 3.8) is 0 Å². The average molecular weight is 269 g/mol. The fourth-order valence-electron chi connectivity index (χ4n) is 1.89. The van der Waals surface area contributed by atoms with Gasteiger partial charge in [-0.15, -0.1) is 0 Å². The maximum atomic E-state index is 11.6. The van der Waals surface area contributed by atoms with Crippen LogP contribution in [0.25, 0.3) is 0 Å². The summed E-state index contributed by atoms with van der Waals surface area (Å²) in [5.41, 5.74) is 0. The van der Waals surface area contributed by atoms with Gasteiger partial charge >= 0.3 is 0 Å². The Balaban J connectivity index is 1.68. The maximum Gasteiger partial charge on any atom is 0.223 e. The number of para-hydroxylation sites is 1. The van der Waals surface area contributed by atoms with Crippen LogP contribution < -0.4 is 15.4 Å². The van der Waals surface area contributed by atoms with Crippen molar-refractivity contribution in [2.24, 2.45) is 0 Å². The highest BCUT2D eigenvalue weighted by atomic mass is 35.5. The highest BCUT2D eigenvalue weighted by Crippen LogP contribution is 2.22. The molecule has 0 radical (unpaired) electrons. The third kappa shape index (κ3) is 3.89. The minimum absolute atomic E-state index is 0.0238. The van der Waals surface area contributed by atoms with E-state index in [2.05, 4.69) is 10.6 Å². The Morgan fingerprint density at radius 3 is 3.06 bits per heavy atom. The predicted molar refractivity (Wildman–Crippen MR) is 71.0 cm³/mol. The van der Waals surface area contributed by atoms with Crippen LogP contribution in [0.5, 0.6) is 5.75 Å². The molecular weight excluding hydrogens is 252 g/mol. The molecular formula is C13H17ClN2O2. The molecule has 1 saturated heterocycles. The number of amides is 1. The monoisotopic (exact) mass is 268 g/mol. The normalized spacial score (nSPS) is 18.6. The second-order valence-electron chi connectivity index (χ2n) is 4.29. The van der Waals surface area contributed by atoms with E-state index in [0.29, 0.717) is 23.8 Å². The van der Waals surface area contributed by atoms with E-state index in [1.807, 2.05) is 12.1 Å². The van der Waals surface area contributed by atoms with Gasteiger partial charge in [0.15, 0.2) is 0 Å². The molecule has 0 bridgehead atoms. The van der Waals surface area contributed by atoms with Crippen LogP contribution in [0.2, 0.25) is 5.02 Å². The molecule has 18 heavy (non-hydrogen) atoms. The van der Waals surface area contributed by atoms with Gasteiger partial charge in [-0.3, -0.25) is 4.79 Å². The van der Waals surface area contributed by atoms with Crippen molar-refractivity contribution in [1.82, 2.24) is 10.6 Å². The molecule has 5 heteroatoms. The van der Waals surface area contributed by atoms with Gasteiger partial charge in [0, 0.05) is 12.6 Å². The summed E-state index contributed by atoms with van der Waals surface area (Å²) in [5, 5.41) is 6.74. The number of halogens is 1. The molecule has 0 spiro atoms. The fourth-order valence-corrected chi connectivity index (χ4v) is 2.08. The van der Waals surface area contributed by atoms with Crippen molar-refractivity contribution in [2.45, 2.75) is 18.9 Å². The van der Waals surface area contributed by atoms with Gasteiger partial charge in [-0.25, -0.2) is 0 Å². The third-order valence-corrected chi connectivity index (χ3v) is 3.16. The zero-order valence-corrected chi connectivity index (χ0v) is 10.9. The Hall–Kier alpha value is -1.26. The van der Waals surface area contributed by atoms with Crippen molar-refractivity contribution < 1.29 is 9.53 Å². The zero-order valence-electron chi connectivity index (χ0n) is 10.1. The highest BCUT2D eigenvalue weighted by molar-refractivity contribution is 6.32. The quantitative estimate of drug-likeness (QED) is 0.853. The molecule has 1 fully saturated rings. The van der Waals surface area contributed by atoms with Gasteiger partial charge in [0.1, 0.15) is 5.75 Å². The number of carbonyl (C=O) groups is 1. The van der Waals surface area contributed by atoms with E-state index in [0.717, 1.165) is 19.5 Å². The molecule has 0 aliphatic carbocycles. The summed E-state index contributed by atoms with van der Waals surface area (Å²) in [6, 6.07) is 7.51. The molecule has 0 saturated carbocycles. The van der Waals surface area contributed by atoms with Gasteiger partial charge < -0.3 is 15.4 Å². The van der Waals surface area contributed by atoms with Crippen LogP contribution in [0, 0.1) is 0 Å². The van der Waals surface area contributed by atoms with Crippen LogP contribution in [0.3, 0.4) is 0 Å². The van der Waals surface area contributed by atoms with Gasteiger partial charge in [0.2, 0.25) is 5.91 Å². The zero-order chi connectivity index (χ0) is 12.8. The molecule has 1 aliphatic heterocycles. The molecule has 1 aromatic carbocycles. The Morgan fingerprint density at radius 2 is 2.33 bits per heavy atom. The van der Waals surface area contributed by atoms with Crippen molar-refractivity contribution in [2.75, 3.05) is 19.7 Å². The first-order valence-corrected chi connectivity index (χ1v) is 6.51. The van der Waals surface area contributed by atoms with Crippen LogP contribution in [0.15, 0.2) is 24.3 Å². The molecule has 2 N–H and O–H groups in total. The summed E-state index contributed by atoms with van der Waals surface area (Å²) in [5.74, 6) is 0.644. The predicted octanol–water partition coefficient (Wildman–Crippen LogP) is 1.59. The minimum Gasteiger partial charge on any atom is -0.491 e. The lowest BCUT2D eigenvalue weighted by Gasteiger charge is -2.12. The highest BCUT2D eigenvalue weighted by Gasteiger charge is 2.16. The molecule has 98 valence electrons. The van der Waals surface area contributed by atoms with E-state index in [1.165, 1.54) is 0 Å². The van der Waals surface area contributed by atoms with Crippen LogP contribution in [-0.2, 0) is 4.79 Å². The number of ether oxygens (including phenoxy) is 1. The first-order valence-electron chi connectivity index (χ1n) is 6.13. The van der Waals surface area contributed by atoms with Gasteiger partial charge in [0.05, 0.1) is 18.1 Å². The number of hydrogen-bond donors (Lipinski definition) is 2. The van der Waals surface area contributed by atoms with E-state index in [-0.39, 0.29) is 11.9 Å². The van der Waals surface area contributed by atoms with E-state index in [9.17, 15) is 4.79 Å². The molecule has 1 atom stereocenters. The van der Waals surface area contributed by atoms with Gasteiger partial charge in [-0.05, 0) is 25.1 Å². The van der Waals surface area contributed by atoms with Gasteiger partial charge in [-0.1, -0.05) is 23.7 Å². The van der Waals surface area contributed by atoms with E-state index >= 15 is 0 Å². The lowest BCUT2D eigenvalue weighted by Crippen LogP contribution is -2.36. The summed E-state index contributed by atoms with van der Waals surface area (Å²) in [6.45, 7) is 2.17. The van der Waals surface area contributed by atoms with Gasteiger partial charge in [0.25, 0.3) is 0 Å².